The Hall–Kier alpha value is -1.40. The van der Waals surface area contributed by atoms with Gasteiger partial charge in [0.25, 0.3) is 5.91 Å². The zero-order chi connectivity index (χ0) is 14.0. The fourth-order valence-electron chi connectivity index (χ4n) is 1.51. The summed E-state index contributed by atoms with van der Waals surface area (Å²) in [5, 5.41) is 2.67. The van der Waals surface area contributed by atoms with Gasteiger partial charge in [0.15, 0.2) is 0 Å². The molecule has 0 aliphatic carbocycles. The number of anilines is 2. The van der Waals surface area contributed by atoms with Gasteiger partial charge in [-0.15, -0.1) is 0 Å². The van der Waals surface area contributed by atoms with Crippen molar-refractivity contribution in [2.75, 3.05) is 11.1 Å². The van der Waals surface area contributed by atoms with Crippen LogP contribution in [-0.4, -0.2) is 5.91 Å². The highest BCUT2D eigenvalue weighted by Crippen LogP contribution is 2.27. The number of rotatable bonds is 2. The van der Waals surface area contributed by atoms with Crippen LogP contribution in [0, 0.1) is 5.82 Å². The highest BCUT2D eigenvalue weighted by atomic mass is 79.9. The molecule has 0 heterocycles. The maximum atomic E-state index is 13.1. The summed E-state index contributed by atoms with van der Waals surface area (Å²) in [7, 11) is 0. The zero-order valence-corrected chi connectivity index (χ0v) is 12.8. The van der Waals surface area contributed by atoms with Gasteiger partial charge in [0.1, 0.15) is 5.82 Å². The van der Waals surface area contributed by atoms with Crippen molar-refractivity contribution < 1.29 is 9.18 Å². The molecule has 2 aromatic rings. The van der Waals surface area contributed by atoms with E-state index >= 15 is 0 Å². The number of nitrogens with two attached hydrogens (primary N) is 1. The van der Waals surface area contributed by atoms with Gasteiger partial charge in [-0.1, -0.05) is 15.9 Å². The first kappa shape index (κ1) is 14.0. The Morgan fingerprint density at radius 2 is 1.89 bits per heavy atom. The van der Waals surface area contributed by atoms with Crippen LogP contribution < -0.4 is 11.1 Å². The number of halogens is 3. The van der Waals surface area contributed by atoms with Crippen molar-refractivity contribution in [1.29, 1.82) is 0 Å². The van der Waals surface area contributed by atoms with E-state index in [1.807, 2.05) is 6.07 Å². The van der Waals surface area contributed by atoms with Gasteiger partial charge in [-0.3, -0.25) is 4.79 Å². The number of carbonyl (C=O) groups excluding carboxylic acids is 1. The van der Waals surface area contributed by atoms with Gasteiger partial charge in [0.05, 0.1) is 11.3 Å². The van der Waals surface area contributed by atoms with Crippen LogP contribution in [0.2, 0.25) is 0 Å². The average molecular weight is 388 g/mol. The molecule has 1 amide bonds. The lowest BCUT2D eigenvalue weighted by Gasteiger charge is -2.09. The summed E-state index contributed by atoms with van der Waals surface area (Å²) in [5.41, 5.74) is 6.57. The first-order valence-electron chi connectivity index (χ1n) is 5.29. The lowest BCUT2D eigenvalue weighted by atomic mass is 10.1. The quantitative estimate of drug-likeness (QED) is 0.759. The molecule has 0 aromatic heterocycles. The second kappa shape index (κ2) is 5.71. The summed E-state index contributed by atoms with van der Waals surface area (Å²) >= 11 is 6.64. The Balaban J connectivity index is 2.30. The first-order valence-corrected chi connectivity index (χ1v) is 6.87. The van der Waals surface area contributed by atoms with Crippen molar-refractivity contribution >= 4 is 49.1 Å². The molecule has 6 heteroatoms. The topological polar surface area (TPSA) is 55.1 Å². The molecule has 0 bridgehead atoms. The Morgan fingerprint density at radius 1 is 1.16 bits per heavy atom. The molecule has 0 aliphatic rings. The van der Waals surface area contributed by atoms with Crippen LogP contribution in [0.15, 0.2) is 45.3 Å². The van der Waals surface area contributed by atoms with Crippen LogP contribution in [0.1, 0.15) is 10.4 Å². The molecule has 0 saturated carbocycles. The molecule has 0 aliphatic heterocycles. The summed E-state index contributed by atoms with van der Waals surface area (Å²) < 4.78 is 14.7. The predicted octanol–water partition coefficient (Wildman–Crippen LogP) is 4.19. The Morgan fingerprint density at radius 3 is 2.63 bits per heavy atom. The highest BCUT2D eigenvalue weighted by Gasteiger charge is 2.12. The molecule has 98 valence electrons. The van der Waals surface area contributed by atoms with Gasteiger partial charge < -0.3 is 11.1 Å². The van der Waals surface area contributed by atoms with E-state index in [-0.39, 0.29) is 11.3 Å². The first-order chi connectivity index (χ1) is 8.97. The molecule has 2 rings (SSSR count). The third-order valence-electron chi connectivity index (χ3n) is 2.44. The minimum Gasteiger partial charge on any atom is -0.398 e. The van der Waals surface area contributed by atoms with Crippen LogP contribution in [-0.2, 0) is 0 Å². The summed E-state index contributed by atoms with van der Waals surface area (Å²) in [6, 6.07) is 9.03. The lowest BCUT2D eigenvalue weighted by Crippen LogP contribution is -2.14. The van der Waals surface area contributed by atoms with Crippen molar-refractivity contribution in [1.82, 2.24) is 0 Å². The van der Waals surface area contributed by atoms with E-state index in [0.29, 0.717) is 5.69 Å². The number of hydrogen-bond donors (Lipinski definition) is 2. The van der Waals surface area contributed by atoms with E-state index in [2.05, 4.69) is 37.2 Å². The molecule has 0 unspecified atom stereocenters. The third-order valence-corrected chi connectivity index (χ3v) is 3.62. The van der Waals surface area contributed by atoms with Gasteiger partial charge >= 0.3 is 0 Å². The van der Waals surface area contributed by atoms with Crippen LogP contribution >= 0.6 is 31.9 Å². The van der Waals surface area contributed by atoms with Crippen molar-refractivity contribution in [3.8, 4) is 0 Å². The average Bonchev–Trinajstić information content (AvgIpc) is 2.36. The molecule has 3 nitrogen and oxygen atoms in total. The van der Waals surface area contributed by atoms with E-state index in [9.17, 15) is 9.18 Å². The van der Waals surface area contributed by atoms with E-state index in [1.165, 1.54) is 12.1 Å². The van der Waals surface area contributed by atoms with Crippen molar-refractivity contribution in [3.05, 3.63) is 56.7 Å². The van der Waals surface area contributed by atoms with Gasteiger partial charge in [-0.2, -0.15) is 0 Å². The summed E-state index contributed by atoms with van der Waals surface area (Å²) in [6.07, 6.45) is 0. The largest absolute Gasteiger partial charge is 0.398 e. The summed E-state index contributed by atoms with van der Waals surface area (Å²) in [6.45, 7) is 0. The molecule has 0 radical (unpaired) electrons. The van der Waals surface area contributed by atoms with Gasteiger partial charge in [0.2, 0.25) is 0 Å². The maximum Gasteiger partial charge on any atom is 0.257 e. The Labute approximate surface area is 126 Å². The molecular weight excluding hydrogens is 379 g/mol. The van der Waals surface area contributed by atoms with E-state index in [0.717, 1.165) is 15.0 Å². The van der Waals surface area contributed by atoms with E-state index in [4.69, 9.17) is 5.73 Å². The molecule has 0 atom stereocenters. The Bertz CT molecular complexity index is 647. The number of nitrogens with one attached hydrogen (secondary N) is 1. The van der Waals surface area contributed by atoms with Crippen molar-refractivity contribution in [3.63, 3.8) is 0 Å². The molecular formula is C13H9Br2FN2O. The van der Waals surface area contributed by atoms with E-state index in [1.54, 1.807) is 12.1 Å². The predicted molar refractivity (Wildman–Crippen MR) is 80.6 cm³/mol. The van der Waals surface area contributed by atoms with Crippen LogP contribution in [0.3, 0.4) is 0 Å². The number of nitrogen functional groups attached to an aromatic ring is 1. The Kier molecular flexibility index (Phi) is 4.21. The van der Waals surface area contributed by atoms with Gasteiger partial charge in [-0.25, -0.2) is 4.39 Å². The fourth-order valence-corrected chi connectivity index (χ4v) is 2.21. The van der Waals surface area contributed by atoms with Crippen molar-refractivity contribution in [2.45, 2.75) is 0 Å². The van der Waals surface area contributed by atoms with Crippen molar-refractivity contribution in [2.24, 2.45) is 0 Å². The molecule has 19 heavy (non-hydrogen) atoms. The normalized spacial score (nSPS) is 10.3. The summed E-state index contributed by atoms with van der Waals surface area (Å²) in [5.74, 6) is -0.969. The minimum absolute atomic E-state index is 0.104. The second-order valence-electron chi connectivity index (χ2n) is 3.81. The van der Waals surface area contributed by atoms with Gasteiger partial charge in [-0.05, 0) is 52.3 Å². The standard InChI is InChI=1S/C13H9Br2FN2O/c14-7-1-3-10(15)12(5-7)18-13(19)9-6-8(16)2-4-11(9)17/h1-6H,17H2,(H,18,19). The maximum absolute atomic E-state index is 13.1. The minimum atomic E-state index is -0.507. The number of amides is 1. The molecule has 0 spiro atoms. The monoisotopic (exact) mass is 386 g/mol. The molecule has 2 aromatic carbocycles. The SMILES string of the molecule is Nc1ccc(F)cc1C(=O)Nc1cc(Br)ccc1Br. The number of hydrogen-bond acceptors (Lipinski definition) is 2. The second-order valence-corrected chi connectivity index (χ2v) is 5.58. The van der Waals surface area contributed by atoms with Crippen LogP contribution in [0.5, 0.6) is 0 Å². The number of carbonyl (C=O) groups is 1. The smallest absolute Gasteiger partial charge is 0.257 e. The fraction of sp³-hybridized carbons (Fsp3) is 0. The zero-order valence-electron chi connectivity index (χ0n) is 9.58. The van der Waals surface area contributed by atoms with Crippen LogP contribution in [0.4, 0.5) is 15.8 Å². The van der Waals surface area contributed by atoms with Gasteiger partial charge in [0, 0.05) is 14.6 Å². The molecule has 3 N–H and O–H groups in total. The molecule has 0 fully saturated rings. The lowest BCUT2D eigenvalue weighted by molar-refractivity contribution is 0.102. The van der Waals surface area contributed by atoms with E-state index < -0.39 is 11.7 Å². The highest BCUT2D eigenvalue weighted by molar-refractivity contribution is 9.11. The van der Waals surface area contributed by atoms with Crippen LogP contribution in [0.25, 0.3) is 0 Å². The number of benzene rings is 2. The molecule has 0 saturated heterocycles. The third kappa shape index (κ3) is 3.33. The summed E-state index contributed by atoms with van der Waals surface area (Å²) in [4.78, 5) is 12.1.